The van der Waals surface area contributed by atoms with E-state index in [1.807, 2.05) is 0 Å². The summed E-state index contributed by atoms with van der Waals surface area (Å²) in [4.78, 5) is 22.5. The molecule has 0 fully saturated rings. The van der Waals surface area contributed by atoms with Gasteiger partial charge in [-0.25, -0.2) is 4.79 Å². The molecule has 1 aromatic rings. The van der Waals surface area contributed by atoms with Gasteiger partial charge in [0.15, 0.2) is 11.9 Å². The first-order chi connectivity index (χ1) is 8.38. The number of hydrogen-bond donors (Lipinski definition) is 2. The van der Waals surface area contributed by atoms with E-state index in [-0.39, 0.29) is 22.8 Å². The van der Waals surface area contributed by atoms with E-state index < -0.39 is 17.5 Å². The van der Waals surface area contributed by atoms with E-state index in [0.717, 1.165) is 0 Å². The molecule has 0 aliphatic heterocycles. The Morgan fingerprint density at radius 3 is 2.44 bits per heavy atom. The Bertz CT molecular complexity index is 471. The fourth-order valence-electron chi connectivity index (χ4n) is 1.49. The quantitative estimate of drug-likeness (QED) is 0.645. The molecule has 0 saturated heterocycles. The van der Waals surface area contributed by atoms with E-state index in [0.29, 0.717) is 5.56 Å². The number of ketones is 1. The van der Waals surface area contributed by atoms with E-state index in [2.05, 4.69) is 0 Å². The predicted octanol–water partition coefficient (Wildman–Crippen LogP) is 2.35. The van der Waals surface area contributed by atoms with Crippen LogP contribution in [0.25, 0.3) is 0 Å². The van der Waals surface area contributed by atoms with Crippen LogP contribution < -0.4 is 0 Å². The lowest BCUT2D eigenvalue weighted by Gasteiger charge is -2.13. The third-order valence-corrected chi connectivity index (χ3v) is 2.95. The van der Waals surface area contributed by atoms with Crippen LogP contribution in [-0.2, 0) is 10.7 Å². The van der Waals surface area contributed by atoms with Gasteiger partial charge in [0.05, 0.1) is 5.38 Å². The first-order valence-corrected chi connectivity index (χ1v) is 6.13. The molecule has 0 bridgehead atoms. The topological polar surface area (TPSA) is 74.6 Å². The Morgan fingerprint density at radius 1 is 1.39 bits per heavy atom. The Balaban J connectivity index is 3.25. The molecular weight excluding hydrogens is 279 g/mol. The van der Waals surface area contributed by atoms with Gasteiger partial charge in [-0.05, 0) is 24.1 Å². The monoisotopic (exact) mass is 290 g/mol. The van der Waals surface area contributed by atoms with Crippen LogP contribution >= 0.6 is 23.2 Å². The minimum Gasteiger partial charge on any atom is -0.479 e. The second-order valence-electron chi connectivity index (χ2n) is 3.77. The molecule has 0 aliphatic rings. The van der Waals surface area contributed by atoms with E-state index in [1.165, 1.54) is 25.1 Å². The van der Waals surface area contributed by atoms with Gasteiger partial charge in [0.25, 0.3) is 0 Å². The number of carbonyl (C=O) groups is 2. The number of carbonyl (C=O) groups excluding carboxylic acids is 1. The number of aliphatic hydroxyl groups is 1. The van der Waals surface area contributed by atoms with Gasteiger partial charge in [0, 0.05) is 11.4 Å². The van der Waals surface area contributed by atoms with Crippen LogP contribution in [0.4, 0.5) is 0 Å². The molecule has 1 rings (SSSR count). The maximum atomic E-state index is 11.7. The lowest BCUT2D eigenvalue weighted by atomic mass is 9.98. The fraction of sp³-hybridized carbons (Fsp3) is 0.333. The minimum atomic E-state index is -1.71. The molecule has 98 valence electrons. The SMILES string of the molecule is CC(Cl)C(=O)c1ccc(CCl)c(C(O)C(=O)O)c1. The maximum Gasteiger partial charge on any atom is 0.337 e. The Kier molecular flexibility index (Phi) is 5.14. The van der Waals surface area contributed by atoms with Gasteiger partial charge in [-0.1, -0.05) is 12.1 Å². The van der Waals surface area contributed by atoms with Crippen LogP contribution in [0.5, 0.6) is 0 Å². The summed E-state index contributed by atoms with van der Waals surface area (Å²) >= 11 is 11.3. The van der Waals surface area contributed by atoms with Gasteiger partial charge in [-0.2, -0.15) is 0 Å². The van der Waals surface area contributed by atoms with Crippen molar-refractivity contribution in [2.24, 2.45) is 0 Å². The van der Waals surface area contributed by atoms with Crippen LogP contribution in [0, 0.1) is 0 Å². The van der Waals surface area contributed by atoms with Crippen molar-refractivity contribution in [1.29, 1.82) is 0 Å². The first kappa shape index (κ1) is 15.0. The van der Waals surface area contributed by atoms with Crippen molar-refractivity contribution in [3.63, 3.8) is 0 Å². The normalized spacial score (nSPS) is 14.0. The molecule has 18 heavy (non-hydrogen) atoms. The maximum absolute atomic E-state index is 11.7. The number of aliphatic carboxylic acids is 1. The van der Waals surface area contributed by atoms with E-state index in [9.17, 15) is 14.7 Å². The Labute approximate surface area is 114 Å². The summed E-state index contributed by atoms with van der Waals surface area (Å²) in [5, 5.41) is 17.6. The van der Waals surface area contributed by atoms with Crippen molar-refractivity contribution in [3.8, 4) is 0 Å². The largest absolute Gasteiger partial charge is 0.479 e. The lowest BCUT2D eigenvalue weighted by molar-refractivity contribution is -0.147. The zero-order valence-corrected chi connectivity index (χ0v) is 11.1. The third-order valence-electron chi connectivity index (χ3n) is 2.46. The first-order valence-electron chi connectivity index (χ1n) is 5.16. The Morgan fingerprint density at radius 2 is 2.00 bits per heavy atom. The van der Waals surface area contributed by atoms with Gasteiger partial charge in [0.1, 0.15) is 0 Å². The number of benzene rings is 1. The van der Waals surface area contributed by atoms with Gasteiger partial charge >= 0.3 is 5.97 Å². The van der Waals surface area contributed by atoms with Gasteiger partial charge in [-0.3, -0.25) is 4.79 Å². The Hall–Kier alpha value is -1.10. The second-order valence-corrected chi connectivity index (χ2v) is 4.69. The van der Waals surface area contributed by atoms with Crippen molar-refractivity contribution in [1.82, 2.24) is 0 Å². The highest BCUT2D eigenvalue weighted by Gasteiger charge is 2.22. The van der Waals surface area contributed by atoms with Crippen molar-refractivity contribution in [2.45, 2.75) is 24.3 Å². The number of hydrogen-bond acceptors (Lipinski definition) is 3. The standard InChI is InChI=1S/C12H12Cl2O4/c1-6(14)10(15)7-2-3-8(5-13)9(4-7)11(16)12(17)18/h2-4,6,11,16H,5H2,1H3,(H,17,18). The van der Waals surface area contributed by atoms with Gasteiger partial charge in [-0.15, -0.1) is 23.2 Å². The molecule has 2 N–H and O–H groups in total. The smallest absolute Gasteiger partial charge is 0.337 e. The van der Waals surface area contributed by atoms with Crippen LogP contribution in [-0.4, -0.2) is 27.3 Å². The molecule has 2 unspecified atom stereocenters. The highest BCUT2D eigenvalue weighted by Crippen LogP contribution is 2.23. The number of carboxylic acids is 1. The average Bonchev–Trinajstić information content (AvgIpc) is 2.35. The number of Topliss-reactive ketones (excluding diaryl/α,β-unsaturated/α-hetero) is 1. The average molecular weight is 291 g/mol. The lowest BCUT2D eigenvalue weighted by Crippen LogP contribution is -2.15. The van der Waals surface area contributed by atoms with Crippen molar-refractivity contribution in [2.75, 3.05) is 0 Å². The zero-order chi connectivity index (χ0) is 13.9. The second kappa shape index (κ2) is 6.18. The predicted molar refractivity (Wildman–Crippen MR) is 68.2 cm³/mol. The molecule has 2 atom stereocenters. The zero-order valence-electron chi connectivity index (χ0n) is 9.56. The van der Waals surface area contributed by atoms with Gasteiger partial charge in [0.2, 0.25) is 0 Å². The van der Waals surface area contributed by atoms with E-state index >= 15 is 0 Å². The molecule has 6 heteroatoms. The fourth-order valence-corrected chi connectivity index (χ4v) is 1.86. The molecular formula is C12H12Cl2O4. The molecule has 0 aliphatic carbocycles. The van der Waals surface area contributed by atoms with Crippen molar-refractivity contribution in [3.05, 3.63) is 34.9 Å². The summed E-state index contributed by atoms with van der Waals surface area (Å²) in [6, 6.07) is 4.34. The highest BCUT2D eigenvalue weighted by molar-refractivity contribution is 6.33. The van der Waals surface area contributed by atoms with E-state index in [4.69, 9.17) is 28.3 Å². The summed E-state index contributed by atoms with van der Waals surface area (Å²) in [6.07, 6.45) is -1.71. The highest BCUT2D eigenvalue weighted by atomic mass is 35.5. The summed E-state index contributed by atoms with van der Waals surface area (Å²) in [5.74, 6) is -1.69. The molecule has 4 nitrogen and oxygen atoms in total. The summed E-state index contributed by atoms with van der Waals surface area (Å²) in [6.45, 7) is 1.52. The molecule has 1 aromatic carbocycles. The molecule has 0 aromatic heterocycles. The molecule has 0 spiro atoms. The third kappa shape index (κ3) is 3.22. The molecule has 0 radical (unpaired) electrons. The number of halogens is 2. The number of carboxylic acid groups (broad SMARTS) is 1. The van der Waals surface area contributed by atoms with Crippen molar-refractivity contribution >= 4 is 35.0 Å². The minimum absolute atomic E-state index is 0.0462. The molecule has 0 amide bonds. The van der Waals surface area contributed by atoms with Crippen LogP contribution in [0.3, 0.4) is 0 Å². The molecule has 0 saturated carbocycles. The number of alkyl halides is 2. The van der Waals surface area contributed by atoms with Gasteiger partial charge < -0.3 is 10.2 Å². The summed E-state index contributed by atoms with van der Waals surface area (Å²) < 4.78 is 0. The summed E-state index contributed by atoms with van der Waals surface area (Å²) in [7, 11) is 0. The van der Waals surface area contributed by atoms with Crippen LogP contribution in [0.1, 0.15) is 34.5 Å². The number of aliphatic hydroxyl groups excluding tert-OH is 1. The number of rotatable bonds is 5. The molecule has 0 heterocycles. The van der Waals surface area contributed by atoms with E-state index in [1.54, 1.807) is 0 Å². The van der Waals surface area contributed by atoms with Crippen molar-refractivity contribution < 1.29 is 19.8 Å². The van der Waals surface area contributed by atoms with Crippen LogP contribution in [0.2, 0.25) is 0 Å². The summed E-state index contributed by atoms with van der Waals surface area (Å²) in [5.41, 5.74) is 0.827. The van der Waals surface area contributed by atoms with Crippen LogP contribution in [0.15, 0.2) is 18.2 Å².